The second-order valence-corrected chi connectivity index (χ2v) is 7.34. The Bertz CT molecular complexity index is 852. The molecule has 0 bridgehead atoms. The average Bonchev–Trinajstić information content (AvgIpc) is 2.68. The second kappa shape index (κ2) is 11.7. The van der Waals surface area contributed by atoms with E-state index < -0.39 is 16.4 Å². The fourth-order valence-electron chi connectivity index (χ4n) is 2.65. The predicted octanol–water partition coefficient (Wildman–Crippen LogP) is 4.11. The lowest BCUT2D eigenvalue weighted by molar-refractivity contribution is -0.384. The van der Waals surface area contributed by atoms with Gasteiger partial charge in [-0.15, -0.1) is 24.8 Å². The Morgan fingerprint density at radius 2 is 1.90 bits per heavy atom. The molecule has 1 aromatic heterocycles. The van der Waals surface area contributed by atoms with Crippen LogP contribution in [0.3, 0.4) is 0 Å². The zero-order valence-corrected chi connectivity index (χ0v) is 19.0. The maximum Gasteiger partial charge on any atom is 0.293 e. The molecular weight excluding hydrogens is 429 g/mol. The number of amides is 1. The number of nitrogens with zero attached hydrogens (tertiary/aromatic N) is 2. The molecule has 4 N–H and O–H groups in total. The summed E-state index contributed by atoms with van der Waals surface area (Å²) in [5.74, 6) is -0.286. The highest BCUT2D eigenvalue weighted by Gasteiger charge is 2.29. The largest absolute Gasteiger partial charge is 0.371 e. The van der Waals surface area contributed by atoms with Gasteiger partial charge in [0.25, 0.3) is 11.6 Å². The van der Waals surface area contributed by atoms with Gasteiger partial charge in [-0.2, -0.15) is 0 Å². The number of halogens is 2. The molecule has 0 spiro atoms. The number of hydrogen-bond donors (Lipinski definition) is 3. The summed E-state index contributed by atoms with van der Waals surface area (Å²) < 4.78 is 0. The first-order chi connectivity index (χ1) is 13.2. The number of rotatable bonds is 8. The van der Waals surface area contributed by atoms with Gasteiger partial charge in [0.15, 0.2) is 0 Å². The van der Waals surface area contributed by atoms with E-state index in [0.717, 1.165) is 5.69 Å². The van der Waals surface area contributed by atoms with Gasteiger partial charge in [0, 0.05) is 24.4 Å². The van der Waals surface area contributed by atoms with E-state index in [9.17, 15) is 14.9 Å². The number of benzene rings is 1. The van der Waals surface area contributed by atoms with Gasteiger partial charge in [-0.1, -0.05) is 19.9 Å². The molecule has 2 aromatic rings. The quantitative estimate of drug-likeness (QED) is 0.404. The van der Waals surface area contributed by atoms with Crippen molar-refractivity contribution in [3.05, 3.63) is 64.0 Å². The number of nitrogens with two attached hydrogens (primary N) is 1. The Labute approximate surface area is 189 Å². The summed E-state index contributed by atoms with van der Waals surface area (Å²) in [5, 5.41) is 17.6. The number of nitrogens with one attached hydrogen (secondary N) is 2. The lowest BCUT2D eigenvalue weighted by Gasteiger charge is -2.33. The van der Waals surface area contributed by atoms with Crippen molar-refractivity contribution in [1.29, 1.82) is 0 Å². The minimum absolute atomic E-state index is 0. The number of pyridine rings is 1. The van der Waals surface area contributed by atoms with Crippen molar-refractivity contribution < 1.29 is 9.72 Å². The van der Waals surface area contributed by atoms with Gasteiger partial charge in [0.05, 0.1) is 22.2 Å². The van der Waals surface area contributed by atoms with Crippen LogP contribution in [-0.2, 0) is 0 Å². The summed E-state index contributed by atoms with van der Waals surface area (Å²) in [4.78, 5) is 27.9. The third kappa shape index (κ3) is 6.55. The van der Waals surface area contributed by atoms with Crippen LogP contribution in [0.1, 0.15) is 49.8 Å². The van der Waals surface area contributed by atoms with Crippen molar-refractivity contribution >= 4 is 42.1 Å². The Morgan fingerprint density at radius 3 is 2.40 bits per heavy atom. The lowest BCUT2D eigenvalue weighted by atomic mass is 9.88. The van der Waals surface area contributed by atoms with E-state index in [4.69, 9.17) is 5.73 Å². The van der Waals surface area contributed by atoms with E-state index in [1.54, 1.807) is 24.4 Å². The summed E-state index contributed by atoms with van der Waals surface area (Å²) in [5.41, 5.74) is 6.33. The summed E-state index contributed by atoms with van der Waals surface area (Å²) in [6, 6.07) is 9.64. The van der Waals surface area contributed by atoms with Crippen molar-refractivity contribution in [3.63, 3.8) is 0 Å². The molecular formula is C20H29Cl2N5O3. The van der Waals surface area contributed by atoms with Crippen LogP contribution >= 0.6 is 24.8 Å². The van der Waals surface area contributed by atoms with Crippen LogP contribution in [0.25, 0.3) is 0 Å². The third-order valence-corrected chi connectivity index (χ3v) is 5.06. The SMILES string of the molecule is CC(Nc1ccc(C(=O)NC(C)(CN)C(C)C)cc1[N+](=O)[O-])c1ccccn1.Cl.Cl. The van der Waals surface area contributed by atoms with Crippen LogP contribution in [0.15, 0.2) is 42.6 Å². The Hall–Kier alpha value is -2.42. The molecule has 0 radical (unpaired) electrons. The molecule has 0 saturated heterocycles. The molecule has 2 atom stereocenters. The molecule has 0 saturated carbocycles. The number of nitro groups is 1. The van der Waals surface area contributed by atoms with Crippen molar-refractivity contribution in [2.24, 2.45) is 11.7 Å². The average molecular weight is 458 g/mol. The van der Waals surface area contributed by atoms with Crippen molar-refractivity contribution in [3.8, 4) is 0 Å². The first kappa shape index (κ1) is 27.6. The van der Waals surface area contributed by atoms with Crippen LogP contribution < -0.4 is 16.4 Å². The van der Waals surface area contributed by atoms with Crippen LogP contribution in [0.2, 0.25) is 0 Å². The van der Waals surface area contributed by atoms with Gasteiger partial charge < -0.3 is 16.4 Å². The Morgan fingerprint density at radius 1 is 1.23 bits per heavy atom. The number of carbonyl (C=O) groups is 1. The summed E-state index contributed by atoms with van der Waals surface area (Å²) in [6.07, 6.45) is 1.67. The molecule has 0 aliphatic rings. The number of hydrogen-bond acceptors (Lipinski definition) is 6. The molecule has 2 unspecified atom stereocenters. The Kier molecular flexibility index (Phi) is 10.7. The van der Waals surface area contributed by atoms with E-state index in [0.29, 0.717) is 5.69 Å². The number of anilines is 1. The minimum atomic E-state index is -0.601. The summed E-state index contributed by atoms with van der Waals surface area (Å²) in [7, 11) is 0. The minimum Gasteiger partial charge on any atom is -0.371 e. The van der Waals surface area contributed by atoms with Crippen LogP contribution in [0.5, 0.6) is 0 Å². The van der Waals surface area contributed by atoms with Gasteiger partial charge in [0.2, 0.25) is 0 Å². The van der Waals surface area contributed by atoms with Crippen molar-refractivity contribution in [2.45, 2.75) is 39.3 Å². The van der Waals surface area contributed by atoms with E-state index in [-0.39, 0.29) is 54.6 Å². The summed E-state index contributed by atoms with van der Waals surface area (Å²) >= 11 is 0. The molecule has 1 amide bonds. The number of carbonyl (C=O) groups excluding carboxylic acids is 1. The van der Waals surface area contributed by atoms with Gasteiger partial charge >= 0.3 is 0 Å². The third-order valence-electron chi connectivity index (χ3n) is 5.06. The zero-order chi connectivity index (χ0) is 20.9. The highest BCUT2D eigenvalue weighted by Crippen LogP contribution is 2.29. The highest BCUT2D eigenvalue weighted by molar-refractivity contribution is 5.96. The van der Waals surface area contributed by atoms with E-state index in [1.807, 2.05) is 39.8 Å². The normalized spacial score (nSPS) is 13.3. The molecule has 1 aromatic carbocycles. The zero-order valence-electron chi connectivity index (χ0n) is 17.4. The van der Waals surface area contributed by atoms with Gasteiger partial charge in [-0.3, -0.25) is 19.9 Å². The topological polar surface area (TPSA) is 123 Å². The number of aromatic nitrogens is 1. The summed E-state index contributed by atoms with van der Waals surface area (Å²) in [6.45, 7) is 7.90. The molecule has 30 heavy (non-hydrogen) atoms. The monoisotopic (exact) mass is 457 g/mol. The van der Waals surface area contributed by atoms with Crippen LogP contribution in [0.4, 0.5) is 11.4 Å². The molecule has 1 heterocycles. The molecule has 8 nitrogen and oxygen atoms in total. The first-order valence-electron chi connectivity index (χ1n) is 9.16. The molecule has 0 aliphatic heterocycles. The maximum atomic E-state index is 12.6. The maximum absolute atomic E-state index is 12.6. The lowest BCUT2D eigenvalue weighted by Crippen LogP contribution is -2.55. The van der Waals surface area contributed by atoms with E-state index in [1.165, 1.54) is 6.07 Å². The van der Waals surface area contributed by atoms with Crippen LogP contribution in [-0.4, -0.2) is 27.9 Å². The smallest absolute Gasteiger partial charge is 0.293 e. The molecule has 10 heteroatoms. The van der Waals surface area contributed by atoms with Crippen LogP contribution in [0, 0.1) is 16.0 Å². The van der Waals surface area contributed by atoms with E-state index >= 15 is 0 Å². The molecule has 0 aliphatic carbocycles. The highest BCUT2D eigenvalue weighted by atomic mass is 35.5. The number of nitro benzene ring substituents is 1. The fraction of sp³-hybridized carbons (Fsp3) is 0.400. The van der Waals surface area contributed by atoms with E-state index in [2.05, 4.69) is 15.6 Å². The standard InChI is InChI=1S/C20H27N5O3.2ClH/c1-13(2)20(4,12-21)24-19(26)15-8-9-17(18(11-15)25(27)28)23-14(3)16-7-5-6-10-22-16;;/h5-11,13-14,23H,12,21H2,1-4H3,(H,24,26);2*1H. The molecule has 2 rings (SSSR count). The predicted molar refractivity (Wildman–Crippen MR) is 124 cm³/mol. The van der Waals surface area contributed by atoms with Crippen molar-refractivity contribution in [2.75, 3.05) is 11.9 Å². The van der Waals surface area contributed by atoms with Crippen molar-refractivity contribution in [1.82, 2.24) is 10.3 Å². The fourth-order valence-corrected chi connectivity index (χ4v) is 2.65. The first-order valence-corrected chi connectivity index (χ1v) is 9.16. The second-order valence-electron chi connectivity index (χ2n) is 7.34. The molecule has 0 fully saturated rings. The Balaban J connectivity index is 0.00000420. The van der Waals surface area contributed by atoms with Gasteiger partial charge in [-0.25, -0.2) is 0 Å². The van der Waals surface area contributed by atoms with Gasteiger partial charge in [0.1, 0.15) is 5.69 Å². The van der Waals surface area contributed by atoms with Gasteiger partial charge in [-0.05, 0) is 44.0 Å². The molecule has 166 valence electrons.